The van der Waals surface area contributed by atoms with Crippen LogP contribution in [0.3, 0.4) is 0 Å². The highest BCUT2D eigenvalue weighted by molar-refractivity contribution is 6.07. The molecule has 3 heterocycles. The number of hydrogen-bond donors (Lipinski definition) is 1. The standard InChI is InChI=1S/C25H23N3O6/c1-13(2)20(33-14(3)29)21-26-17-10-6-4-8-15(17)22(30)28(21)19-12-25(34-23(19)31)16-9-5-7-11-18(16)27-24(25)32/h4-11,13,19-20H,12H2,1-3H3,(H,27,32)/t19-,20?,25-/m0/s1. The molecule has 3 aromatic rings. The smallest absolute Gasteiger partial charge is 0.330 e. The molecular formula is C25H23N3O6. The van der Waals surface area contributed by atoms with Crippen LogP contribution in [-0.2, 0) is 29.5 Å². The largest absolute Gasteiger partial charge is 0.454 e. The van der Waals surface area contributed by atoms with Crippen molar-refractivity contribution in [2.24, 2.45) is 5.92 Å². The second kappa shape index (κ2) is 7.79. The zero-order valence-corrected chi connectivity index (χ0v) is 18.9. The van der Waals surface area contributed by atoms with Crippen molar-refractivity contribution in [2.45, 2.75) is 44.9 Å². The van der Waals surface area contributed by atoms with E-state index in [9.17, 15) is 19.2 Å². The van der Waals surface area contributed by atoms with E-state index in [1.807, 2.05) is 13.8 Å². The van der Waals surface area contributed by atoms with Crippen molar-refractivity contribution in [3.05, 3.63) is 70.3 Å². The van der Waals surface area contributed by atoms with E-state index in [4.69, 9.17) is 9.47 Å². The van der Waals surface area contributed by atoms with Crippen LogP contribution in [0.25, 0.3) is 10.9 Å². The molecule has 0 aliphatic carbocycles. The van der Waals surface area contributed by atoms with E-state index in [0.717, 1.165) is 0 Å². The summed E-state index contributed by atoms with van der Waals surface area (Å²) >= 11 is 0. The molecule has 1 unspecified atom stereocenters. The number of carbonyl (C=O) groups excluding carboxylic acids is 3. The molecule has 9 heteroatoms. The number of nitrogens with one attached hydrogen (secondary N) is 1. The summed E-state index contributed by atoms with van der Waals surface area (Å²) in [6.45, 7) is 4.93. The predicted octanol–water partition coefficient (Wildman–Crippen LogP) is 2.99. The van der Waals surface area contributed by atoms with Gasteiger partial charge in [-0.25, -0.2) is 9.78 Å². The van der Waals surface area contributed by atoms with Crippen molar-refractivity contribution in [1.82, 2.24) is 9.55 Å². The first-order valence-electron chi connectivity index (χ1n) is 11.0. The fourth-order valence-electron chi connectivity index (χ4n) is 4.76. The molecule has 1 fully saturated rings. The van der Waals surface area contributed by atoms with Crippen LogP contribution in [0.4, 0.5) is 5.69 Å². The Balaban J connectivity index is 1.72. The first-order valence-corrected chi connectivity index (χ1v) is 11.0. The zero-order chi connectivity index (χ0) is 24.2. The number of amides is 1. The van der Waals surface area contributed by atoms with E-state index in [0.29, 0.717) is 22.2 Å². The minimum atomic E-state index is -1.55. The first kappa shape index (κ1) is 21.8. The zero-order valence-electron chi connectivity index (χ0n) is 18.9. The highest BCUT2D eigenvalue weighted by Crippen LogP contribution is 2.49. The van der Waals surface area contributed by atoms with Crippen LogP contribution in [0, 0.1) is 5.92 Å². The lowest BCUT2D eigenvalue weighted by Gasteiger charge is -2.25. The van der Waals surface area contributed by atoms with E-state index in [2.05, 4.69) is 10.3 Å². The number of hydrogen-bond acceptors (Lipinski definition) is 7. The third-order valence-corrected chi connectivity index (χ3v) is 6.30. The van der Waals surface area contributed by atoms with Gasteiger partial charge in [0, 0.05) is 24.6 Å². The summed E-state index contributed by atoms with van der Waals surface area (Å²) in [7, 11) is 0. The summed E-state index contributed by atoms with van der Waals surface area (Å²) in [5.41, 5.74) is -0.495. The quantitative estimate of drug-likeness (QED) is 0.594. The molecule has 34 heavy (non-hydrogen) atoms. The highest BCUT2D eigenvalue weighted by atomic mass is 16.6. The summed E-state index contributed by atoms with van der Waals surface area (Å²) in [5.74, 6) is -1.84. The molecular weight excluding hydrogens is 438 g/mol. The number of rotatable bonds is 4. The Morgan fingerprint density at radius 3 is 2.59 bits per heavy atom. The van der Waals surface area contributed by atoms with Crippen LogP contribution >= 0.6 is 0 Å². The maximum atomic E-state index is 13.7. The normalized spacial score (nSPS) is 22.1. The number of esters is 2. The van der Waals surface area contributed by atoms with Crippen molar-refractivity contribution in [3.63, 3.8) is 0 Å². The molecule has 1 aromatic heterocycles. The molecule has 2 aliphatic heterocycles. The molecule has 1 spiro atoms. The number of carbonyl (C=O) groups is 3. The van der Waals surface area contributed by atoms with Gasteiger partial charge in [0.15, 0.2) is 11.9 Å². The SMILES string of the molecule is CC(=O)OC(c1nc2ccccc2c(=O)n1[C@H]1C[C@@]2(OC1=O)C(=O)Nc1ccccc12)C(C)C. The topological polar surface area (TPSA) is 117 Å². The summed E-state index contributed by atoms with van der Waals surface area (Å²) in [4.78, 5) is 56.5. The summed E-state index contributed by atoms with van der Waals surface area (Å²) in [5, 5.41) is 3.07. The van der Waals surface area contributed by atoms with E-state index in [1.165, 1.54) is 11.5 Å². The Morgan fingerprint density at radius 2 is 1.85 bits per heavy atom. The summed E-state index contributed by atoms with van der Waals surface area (Å²) < 4.78 is 12.5. The monoisotopic (exact) mass is 461 g/mol. The molecule has 0 bridgehead atoms. The minimum absolute atomic E-state index is 0.0908. The highest BCUT2D eigenvalue weighted by Gasteiger charge is 2.59. The van der Waals surface area contributed by atoms with Crippen molar-refractivity contribution in [3.8, 4) is 0 Å². The van der Waals surface area contributed by atoms with Gasteiger partial charge in [-0.1, -0.05) is 44.2 Å². The molecule has 1 saturated heterocycles. The fourth-order valence-corrected chi connectivity index (χ4v) is 4.76. The average molecular weight is 461 g/mol. The van der Waals surface area contributed by atoms with E-state index in [-0.39, 0.29) is 18.2 Å². The van der Waals surface area contributed by atoms with Crippen LogP contribution in [0.1, 0.15) is 50.7 Å². The second-order valence-corrected chi connectivity index (χ2v) is 8.90. The van der Waals surface area contributed by atoms with Gasteiger partial charge >= 0.3 is 11.9 Å². The van der Waals surface area contributed by atoms with Gasteiger partial charge < -0.3 is 14.8 Å². The van der Waals surface area contributed by atoms with E-state index < -0.39 is 41.2 Å². The maximum Gasteiger partial charge on any atom is 0.330 e. The Kier molecular flexibility index (Phi) is 5.00. The number of fused-ring (bicyclic) bond motifs is 3. The van der Waals surface area contributed by atoms with Crippen LogP contribution < -0.4 is 10.9 Å². The average Bonchev–Trinajstić information content (AvgIpc) is 3.28. The number of ether oxygens (including phenoxy) is 2. The number of benzene rings is 2. The summed E-state index contributed by atoms with van der Waals surface area (Å²) in [6.07, 6.45) is -0.976. The van der Waals surface area contributed by atoms with Gasteiger partial charge in [0.05, 0.1) is 10.9 Å². The van der Waals surface area contributed by atoms with Crippen LogP contribution in [-0.4, -0.2) is 27.4 Å². The van der Waals surface area contributed by atoms with Crippen molar-refractivity contribution in [2.75, 3.05) is 5.32 Å². The van der Waals surface area contributed by atoms with Gasteiger partial charge in [-0.2, -0.15) is 0 Å². The van der Waals surface area contributed by atoms with Crippen LogP contribution in [0.15, 0.2) is 53.3 Å². The lowest BCUT2D eigenvalue weighted by atomic mass is 9.90. The molecule has 174 valence electrons. The van der Waals surface area contributed by atoms with Gasteiger partial charge in [-0.3, -0.25) is 19.0 Å². The Morgan fingerprint density at radius 1 is 1.15 bits per heavy atom. The molecule has 9 nitrogen and oxygen atoms in total. The minimum Gasteiger partial charge on any atom is -0.454 e. The summed E-state index contributed by atoms with van der Waals surface area (Å²) in [6, 6.07) is 12.6. The van der Waals surface area contributed by atoms with Gasteiger partial charge in [-0.15, -0.1) is 0 Å². The lowest BCUT2D eigenvalue weighted by Crippen LogP contribution is -2.36. The fraction of sp³-hybridized carbons (Fsp3) is 0.320. The Labute approximate surface area is 194 Å². The first-order chi connectivity index (χ1) is 16.2. The Hall–Kier alpha value is -4.01. The maximum absolute atomic E-state index is 13.7. The number of anilines is 1. The van der Waals surface area contributed by atoms with Crippen molar-refractivity contribution < 1.29 is 23.9 Å². The van der Waals surface area contributed by atoms with Crippen molar-refractivity contribution >= 4 is 34.4 Å². The van der Waals surface area contributed by atoms with Gasteiger partial charge in [0.2, 0.25) is 5.60 Å². The third-order valence-electron chi connectivity index (χ3n) is 6.30. The van der Waals surface area contributed by atoms with Gasteiger partial charge in [0.1, 0.15) is 6.04 Å². The molecule has 2 aromatic carbocycles. The van der Waals surface area contributed by atoms with Gasteiger partial charge in [-0.05, 0) is 24.1 Å². The van der Waals surface area contributed by atoms with E-state index in [1.54, 1.807) is 48.5 Å². The number of aromatic nitrogens is 2. The molecule has 5 rings (SSSR count). The van der Waals surface area contributed by atoms with Crippen molar-refractivity contribution in [1.29, 1.82) is 0 Å². The van der Waals surface area contributed by atoms with Crippen LogP contribution in [0.5, 0.6) is 0 Å². The lowest BCUT2D eigenvalue weighted by molar-refractivity contribution is -0.157. The molecule has 1 amide bonds. The number of nitrogens with zero attached hydrogens (tertiary/aromatic N) is 2. The second-order valence-electron chi connectivity index (χ2n) is 8.90. The predicted molar refractivity (Wildman–Crippen MR) is 122 cm³/mol. The van der Waals surface area contributed by atoms with E-state index >= 15 is 0 Å². The molecule has 0 saturated carbocycles. The molecule has 3 atom stereocenters. The van der Waals surface area contributed by atoms with Crippen LogP contribution in [0.2, 0.25) is 0 Å². The third kappa shape index (κ3) is 3.19. The Bertz CT molecular complexity index is 1410. The van der Waals surface area contributed by atoms with Gasteiger partial charge in [0.25, 0.3) is 11.5 Å². The molecule has 0 radical (unpaired) electrons. The molecule has 2 aliphatic rings. The number of para-hydroxylation sites is 2. The molecule has 1 N–H and O–H groups in total.